The Morgan fingerprint density at radius 3 is 2.44 bits per heavy atom. The van der Waals surface area contributed by atoms with Crippen LogP contribution in [0.4, 0.5) is 0 Å². The van der Waals surface area contributed by atoms with Gasteiger partial charge < -0.3 is 0 Å². The lowest BCUT2D eigenvalue weighted by Gasteiger charge is -2.26. The fourth-order valence-corrected chi connectivity index (χ4v) is 2.80. The minimum absolute atomic E-state index is 0.700. The first-order valence-corrected chi connectivity index (χ1v) is 6.07. The molecule has 0 aromatic heterocycles. The molecule has 1 atom stereocenters. The first-order chi connectivity index (χ1) is 7.90. The summed E-state index contributed by atoms with van der Waals surface area (Å²) in [5.74, 6) is 0.700. The third-order valence-corrected chi connectivity index (χ3v) is 3.67. The van der Waals surface area contributed by atoms with Gasteiger partial charge in [0.15, 0.2) is 0 Å². The Morgan fingerprint density at radius 2 is 1.62 bits per heavy atom. The van der Waals surface area contributed by atoms with Crippen molar-refractivity contribution < 1.29 is 0 Å². The molecule has 0 bridgehead atoms. The van der Waals surface area contributed by atoms with Gasteiger partial charge in [0.2, 0.25) is 0 Å². The monoisotopic (exact) mass is 208 g/mol. The number of fused-ring (bicyclic) bond motifs is 3. The van der Waals surface area contributed by atoms with Gasteiger partial charge in [-0.25, -0.2) is 0 Å². The Balaban J connectivity index is 2.24. The molecule has 80 valence electrons. The lowest BCUT2D eigenvalue weighted by Crippen LogP contribution is -2.10. The topological polar surface area (TPSA) is 0 Å². The zero-order valence-corrected chi connectivity index (χ0v) is 9.61. The molecule has 0 fully saturated rings. The molecule has 0 spiro atoms. The highest BCUT2D eigenvalue weighted by Crippen LogP contribution is 2.40. The summed E-state index contributed by atoms with van der Waals surface area (Å²) in [5, 5.41) is 0. The van der Waals surface area contributed by atoms with E-state index >= 15 is 0 Å². The average Bonchev–Trinajstić information content (AvgIpc) is 2.38. The van der Waals surface area contributed by atoms with Crippen molar-refractivity contribution in [2.24, 2.45) is 0 Å². The van der Waals surface area contributed by atoms with Crippen LogP contribution in [0.1, 0.15) is 30.4 Å². The molecule has 0 nitrogen and oxygen atoms in total. The van der Waals surface area contributed by atoms with E-state index in [-0.39, 0.29) is 0 Å². The lowest BCUT2D eigenvalue weighted by atomic mass is 9.78. The second-order valence-corrected chi connectivity index (χ2v) is 4.55. The third-order valence-electron chi connectivity index (χ3n) is 3.67. The third kappa shape index (κ3) is 1.37. The molecule has 3 rings (SSSR count). The second kappa shape index (κ2) is 3.79. The number of hydrogen-bond acceptors (Lipinski definition) is 0. The van der Waals surface area contributed by atoms with Gasteiger partial charge in [0.1, 0.15) is 0 Å². The van der Waals surface area contributed by atoms with Crippen LogP contribution in [0.5, 0.6) is 0 Å². The number of benzene rings is 2. The average molecular weight is 208 g/mol. The van der Waals surface area contributed by atoms with Crippen LogP contribution >= 0.6 is 0 Å². The van der Waals surface area contributed by atoms with E-state index in [4.69, 9.17) is 0 Å². The molecule has 1 unspecified atom stereocenters. The van der Waals surface area contributed by atoms with Crippen molar-refractivity contribution in [1.29, 1.82) is 0 Å². The van der Waals surface area contributed by atoms with E-state index in [1.807, 2.05) is 0 Å². The maximum Gasteiger partial charge on any atom is -0.0118 e. The zero-order chi connectivity index (χ0) is 11.0. The van der Waals surface area contributed by atoms with Crippen molar-refractivity contribution in [2.45, 2.75) is 25.7 Å². The summed E-state index contributed by atoms with van der Waals surface area (Å²) in [5.41, 5.74) is 5.91. The first-order valence-electron chi connectivity index (χ1n) is 6.07. The summed E-state index contributed by atoms with van der Waals surface area (Å²) in [6.07, 6.45) is 2.43. The maximum atomic E-state index is 2.29. The molecular weight excluding hydrogens is 192 g/mol. The first kappa shape index (κ1) is 9.65. The Bertz CT molecular complexity index is 511. The summed E-state index contributed by atoms with van der Waals surface area (Å²) in [6.45, 7) is 2.29. The van der Waals surface area contributed by atoms with Gasteiger partial charge in [0.05, 0.1) is 0 Å². The van der Waals surface area contributed by atoms with Gasteiger partial charge in [0, 0.05) is 0 Å². The molecule has 0 heteroatoms. The molecular formula is C16H16. The van der Waals surface area contributed by atoms with E-state index in [1.54, 1.807) is 0 Å². The highest BCUT2D eigenvalue weighted by atomic mass is 14.3. The molecule has 0 saturated heterocycles. The molecule has 0 aliphatic heterocycles. The molecule has 2 aromatic carbocycles. The van der Waals surface area contributed by atoms with Crippen LogP contribution in [-0.4, -0.2) is 0 Å². The van der Waals surface area contributed by atoms with Crippen LogP contribution in [0.15, 0.2) is 48.5 Å². The van der Waals surface area contributed by atoms with Crippen LogP contribution < -0.4 is 0 Å². The van der Waals surface area contributed by atoms with Crippen molar-refractivity contribution in [3.63, 3.8) is 0 Å². The largest absolute Gasteiger partial charge is 0.0648 e. The lowest BCUT2D eigenvalue weighted by molar-refractivity contribution is 0.654. The minimum atomic E-state index is 0.700. The highest BCUT2D eigenvalue weighted by Gasteiger charge is 2.22. The Morgan fingerprint density at radius 1 is 0.938 bits per heavy atom. The molecule has 0 N–H and O–H groups in total. The normalized spacial score (nSPS) is 17.7. The molecule has 0 radical (unpaired) electrons. The van der Waals surface area contributed by atoms with Gasteiger partial charge >= 0.3 is 0 Å². The van der Waals surface area contributed by atoms with Crippen LogP contribution in [0.2, 0.25) is 0 Å². The maximum absolute atomic E-state index is 2.29. The second-order valence-electron chi connectivity index (χ2n) is 4.55. The molecule has 0 saturated carbocycles. The Kier molecular flexibility index (Phi) is 2.28. The number of hydrogen-bond donors (Lipinski definition) is 0. The SMILES string of the molecule is CCC1Cc2ccccc2-c2ccccc21. The van der Waals surface area contributed by atoms with Crippen LogP contribution in [0, 0.1) is 0 Å². The van der Waals surface area contributed by atoms with E-state index < -0.39 is 0 Å². The van der Waals surface area contributed by atoms with E-state index in [2.05, 4.69) is 55.5 Å². The van der Waals surface area contributed by atoms with Gasteiger partial charge in [-0.05, 0) is 41.0 Å². The van der Waals surface area contributed by atoms with Gasteiger partial charge in [0.25, 0.3) is 0 Å². The molecule has 16 heavy (non-hydrogen) atoms. The van der Waals surface area contributed by atoms with Crippen LogP contribution in [0.3, 0.4) is 0 Å². The Hall–Kier alpha value is -1.56. The highest BCUT2D eigenvalue weighted by molar-refractivity contribution is 5.73. The number of rotatable bonds is 1. The molecule has 0 heterocycles. The van der Waals surface area contributed by atoms with E-state index in [1.165, 1.54) is 35.1 Å². The van der Waals surface area contributed by atoms with Gasteiger partial charge in [-0.3, -0.25) is 0 Å². The fraction of sp³-hybridized carbons (Fsp3) is 0.250. The predicted molar refractivity (Wildman–Crippen MR) is 68.6 cm³/mol. The van der Waals surface area contributed by atoms with Crippen molar-refractivity contribution >= 4 is 0 Å². The summed E-state index contributed by atoms with van der Waals surface area (Å²) in [7, 11) is 0. The van der Waals surface area contributed by atoms with Crippen molar-refractivity contribution in [2.75, 3.05) is 0 Å². The summed E-state index contributed by atoms with van der Waals surface area (Å²) < 4.78 is 0. The standard InChI is InChI=1S/C16H16/c1-2-12-11-13-7-3-4-9-15(13)16-10-6-5-8-14(12)16/h3-10,12H,2,11H2,1H3. The van der Waals surface area contributed by atoms with Crippen molar-refractivity contribution in [3.8, 4) is 11.1 Å². The van der Waals surface area contributed by atoms with Gasteiger partial charge in [-0.1, -0.05) is 55.5 Å². The van der Waals surface area contributed by atoms with Crippen molar-refractivity contribution in [3.05, 3.63) is 59.7 Å². The van der Waals surface area contributed by atoms with E-state index in [0.717, 1.165) is 0 Å². The molecule has 2 aromatic rings. The summed E-state index contributed by atoms with van der Waals surface area (Å²) in [6, 6.07) is 17.7. The van der Waals surface area contributed by atoms with Gasteiger partial charge in [-0.2, -0.15) is 0 Å². The molecule has 1 aliphatic rings. The van der Waals surface area contributed by atoms with Gasteiger partial charge in [-0.15, -0.1) is 0 Å². The fourth-order valence-electron chi connectivity index (χ4n) is 2.80. The van der Waals surface area contributed by atoms with Crippen LogP contribution in [0.25, 0.3) is 11.1 Å². The van der Waals surface area contributed by atoms with Crippen molar-refractivity contribution in [1.82, 2.24) is 0 Å². The molecule has 1 aliphatic carbocycles. The van der Waals surface area contributed by atoms with E-state index in [0.29, 0.717) is 5.92 Å². The van der Waals surface area contributed by atoms with E-state index in [9.17, 15) is 0 Å². The molecule has 0 amide bonds. The quantitative estimate of drug-likeness (QED) is 0.651. The minimum Gasteiger partial charge on any atom is -0.0648 e. The zero-order valence-electron chi connectivity index (χ0n) is 9.61. The van der Waals surface area contributed by atoms with Crippen LogP contribution in [-0.2, 0) is 6.42 Å². The Labute approximate surface area is 96.9 Å². The summed E-state index contributed by atoms with van der Waals surface area (Å²) in [4.78, 5) is 0. The summed E-state index contributed by atoms with van der Waals surface area (Å²) >= 11 is 0. The predicted octanol–water partition coefficient (Wildman–Crippen LogP) is 4.40. The smallest absolute Gasteiger partial charge is 0.0118 e.